The lowest BCUT2D eigenvalue weighted by Gasteiger charge is -2.06. The highest BCUT2D eigenvalue weighted by Crippen LogP contribution is 2.15. The highest BCUT2D eigenvalue weighted by molar-refractivity contribution is 7.36. The first-order chi connectivity index (χ1) is 7.24. The maximum atomic E-state index is 2.30. The summed E-state index contributed by atoms with van der Waals surface area (Å²) in [4.78, 5) is 0. The van der Waals surface area contributed by atoms with E-state index < -0.39 is 0 Å². The lowest BCUT2D eigenvalue weighted by atomic mass is 10.0. The Morgan fingerprint density at radius 1 is 1.07 bits per heavy atom. The summed E-state index contributed by atoms with van der Waals surface area (Å²) in [6.45, 7) is 6.69. The van der Waals surface area contributed by atoms with Gasteiger partial charge in [-0.1, -0.05) is 30.2 Å². The van der Waals surface area contributed by atoms with E-state index in [1.165, 1.54) is 43.0 Å². The molecule has 1 unspecified atom stereocenters. The molecule has 0 N–H and O–H groups in total. The van der Waals surface area contributed by atoms with Gasteiger partial charge in [0.05, 0.1) is 0 Å². The Morgan fingerprint density at radius 3 is 2.53 bits per heavy atom. The van der Waals surface area contributed by atoms with Crippen molar-refractivity contribution in [2.24, 2.45) is 0 Å². The van der Waals surface area contributed by atoms with Crippen molar-refractivity contribution in [3.05, 3.63) is 34.9 Å². The van der Waals surface area contributed by atoms with E-state index in [-0.39, 0.29) is 0 Å². The molecule has 1 atom stereocenters. The maximum absolute atomic E-state index is 2.30. The Hall–Kier alpha value is -0.350. The molecule has 1 aromatic carbocycles. The third kappa shape index (κ3) is 4.80. The quantitative estimate of drug-likeness (QED) is 0.496. The van der Waals surface area contributed by atoms with Crippen LogP contribution in [-0.4, -0.2) is 12.8 Å². The van der Waals surface area contributed by atoms with Crippen LogP contribution in [0.5, 0.6) is 0 Å². The third-order valence-corrected chi connectivity index (χ3v) is 3.72. The van der Waals surface area contributed by atoms with Crippen LogP contribution < -0.4 is 0 Å². The van der Waals surface area contributed by atoms with Crippen LogP contribution in [0.4, 0.5) is 0 Å². The molecule has 0 nitrogen and oxygen atoms in total. The number of benzene rings is 1. The molecule has 1 aromatic rings. The second-order valence-corrected chi connectivity index (χ2v) is 5.55. The molecule has 0 saturated carbocycles. The molecule has 0 aliphatic carbocycles. The van der Waals surface area contributed by atoms with Gasteiger partial charge in [-0.05, 0) is 57.1 Å². The van der Waals surface area contributed by atoms with Crippen molar-refractivity contribution in [3.63, 3.8) is 0 Å². The molecule has 15 heavy (non-hydrogen) atoms. The lowest BCUT2D eigenvalue weighted by Crippen LogP contribution is -1.91. The van der Waals surface area contributed by atoms with Crippen LogP contribution in [0.2, 0.25) is 0 Å². The molecule has 0 bridgehead atoms. The van der Waals surface area contributed by atoms with Gasteiger partial charge in [-0.25, -0.2) is 0 Å². The Labute approximate surface area is 96.3 Å². The zero-order chi connectivity index (χ0) is 11.1. The first-order valence-corrected chi connectivity index (χ1v) is 7.65. The van der Waals surface area contributed by atoms with Crippen molar-refractivity contribution in [2.45, 2.75) is 39.5 Å². The largest absolute Gasteiger partial charge is 0.125 e. The predicted octanol–water partition coefficient (Wildman–Crippen LogP) is 4.32. The fraction of sp³-hybridized carbons (Fsp3) is 0.571. The Bertz CT molecular complexity index is 291. The van der Waals surface area contributed by atoms with Crippen LogP contribution >= 0.6 is 8.58 Å². The fourth-order valence-corrected chi connectivity index (χ4v) is 2.52. The van der Waals surface area contributed by atoms with Gasteiger partial charge in [-0.2, -0.15) is 0 Å². The first-order valence-electron chi connectivity index (χ1n) is 5.95. The van der Waals surface area contributed by atoms with Crippen LogP contribution in [0.1, 0.15) is 36.0 Å². The summed E-state index contributed by atoms with van der Waals surface area (Å²) >= 11 is 0. The molecule has 0 aromatic heterocycles. The molecule has 0 aliphatic heterocycles. The number of hydrogen-bond acceptors (Lipinski definition) is 0. The molecular formula is C14H23P. The minimum Gasteiger partial charge on any atom is -0.125 e. The smallest absolute Gasteiger partial charge is 0.0276 e. The summed E-state index contributed by atoms with van der Waals surface area (Å²) in [5.74, 6) is 0. The summed E-state index contributed by atoms with van der Waals surface area (Å²) < 4.78 is 0. The van der Waals surface area contributed by atoms with E-state index in [1.54, 1.807) is 5.56 Å². The third-order valence-electron chi connectivity index (χ3n) is 2.87. The Balaban J connectivity index is 2.31. The summed E-state index contributed by atoms with van der Waals surface area (Å²) in [5.41, 5.74) is 4.38. The van der Waals surface area contributed by atoms with Gasteiger partial charge in [0, 0.05) is 0 Å². The topological polar surface area (TPSA) is 0 Å². The number of aryl methyl sites for hydroxylation is 3. The van der Waals surface area contributed by atoms with Gasteiger partial charge in [0.15, 0.2) is 0 Å². The van der Waals surface area contributed by atoms with Crippen molar-refractivity contribution in [1.29, 1.82) is 0 Å². The van der Waals surface area contributed by atoms with E-state index in [2.05, 4.69) is 38.7 Å². The Morgan fingerprint density at radius 2 is 1.87 bits per heavy atom. The van der Waals surface area contributed by atoms with E-state index in [9.17, 15) is 0 Å². The molecular weight excluding hydrogens is 199 g/mol. The van der Waals surface area contributed by atoms with E-state index >= 15 is 0 Å². The molecule has 84 valence electrons. The maximum Gasteiger partial charge on any atom is -0.0276 e. The summed E-state index contributed by atoms with van der Waals surface area (Å²) in [7, 11) is 1.13. The molecule has 0 saturated heterocycles. The number of hydrogen-bond donors (Lipinski definition) is 0. The summed E-state index contributed by atoms with van der Waals surface area (Å²) in [6, 6.07) is 6.82. The summed E-state index contributed by atoms with van der Waals surface area (Å²) in [6.07, 6.45) is 6.86. The minimum atomic E-state index is 1.13. The average molecular weight is 222 g/mol. The average Bonchev–Trinajstić information content (AvgIpc) is 2.20. The summed E-state index contributed by atoms with van der Waals surface area (Å²) in [5, 5.41) is 0. The monoisotopic (exact) mass is 222 g/mol. The molecule has 0 aliphatic rings. The van der Waals surface area contributed by atoms with Gasteiger partial charge in [-0.15, -0.1) is 8.58 Å². The SMILES string of the molecule is CPCCCCCc1ccc(C)cc1C. The zero-order valence-electron chi connectivity index (χ0n) is 10.3. The van der Waals surface area contributed by atoms with Crippen LogP contribution in [0.25, 0.3) is 0 Å². The first kappa shape index (κ1) is 12.7. The molecule has 0 spiro atoms. The van der Waals surface area contributed by atoms with Crippen molar-refractivity contribution in [3.8, 4) is 0 Å². The van der Waals surface area contributed by atoms with Crippen LogP contribution in [0.3, 0.4) is 0 Å². The Kier molecular flexibility index (Phi) is 5.95. The van der Waals surface area contributed by atoms with Gasteiger partial charge < -0.3 is 0 Å². The number of rotatable bonds is 6. The molecule has 0 fully saturated rings. The van der Waals surface area contributed by atoms with Gasteiger partial charge in [0.1, 0.15) is 0 Å². The highest BCUT2D eigenvalue weighted by atomic mass is 31.1. The highest BCUT2D eigenvalue weighted by Gasteiger charge is 1.98. The molecule has 0 radical (unpaired) electrons. The van der Waals surface area contributed by atoms with Gasteiger partial charge in [0.2, 0.25) is 0 Å². The van der Waals surface area contributed by atoms with Crippen LogP contribution in [0.15, 0.2) is 18.2 Å². The predicted molar refractivity (Wildman–Crippen MR) is 72.6 cm³/mol. The van der Waals surface area contributed by atoms with E-state index in [4.69, 9.17) is 0 Å². The van der Waals surface area contributed by atoms with E-state index in [1.807, 2.05) is 0 Å². The molecule has 0 heterocycles. The molecule has 1 heteroatoms. The zero-order valence-corrected chi connectivity index (χ0v) is 11.3. The van der Waals surface area contributed by atoms with Gasteiger partial charge in [0.25, 0.3) is 0 Å². The van der Waals surface area contributed by atoms with Crippen LogP contribution in [0, 0.1) is 13.8 Å². The van der Waals surface area contributed by atoms with Crippen molar-refractivity contribution < 1.29 is 0 Å². The lowest BCUT2D eigenvalue weighted by molar-refractivity contribution is 0.719. The number of unbranched alkanes of at least 4 members (excludes halogenated alkanes) is 2. The van der Waals surface area contributed by atoms with Crippen LogP contribution in [-0.2, 0) is 6.42 Å². The second-order valence-electron chi connectivity index (χ2n) is 4.34. The van der Waals surface area contributed by atoms with Crippen molar-refractivity contribution in [1.82, 2.24) is 0 Å². The molecule has 1 rings (SSSR count). The minimum absolute atomic E-state index is 1.13. The molecule has 0 amide bonds. The van der Waals surface area contributed by atoms with Crippen molar-refractivity contribution >= 4 is 8.58 Å². The van der Waals surface area contributed by atoms with Gasteiger partial charge >= 0.3 is 0 Å². The van der Waals surface area contributed by atoms with E-state index in [0.29, 0.717) is 0 Å². The standard InChI is InChI=1S/C14H23P/c1-12-8-9-14(13(2)11-12)7-5-4-6-10-15-3/h8-9,11,15H,4-7,10H2,1-3H3. The van der Waals surface area contributed by atoms with Gasteiger partial charge in [-0.3, -0.25) is 0 Å². The van der Waals surface area contributed by atoms with E-state index in [0.717, 1.165) is 8.58 Å². The second kappa shape index (κ2) is 7.01. The fourth-order valence-electron chi connectivity index (χ4n) is 1.92. The normalized spacial score (nSPS) is 11.4. The van der Waals surface area contributed by atoms with Crippen molar-refractivity contribution in [2.75, 3.05) is 12.8 Å².